The number of fused-ring (bicyclic) bond motifs is 1. The normalized spacial score (nSPS) is 13.0. The molecule has 1 amide bonds. The van der Waals surface area contributed by atoms with Crippen LogP contribution in [0.2, 0.25) is 0 Å². The van der Waals surface area contributed by atoms with Crippen LogP contribution < -0.4 is 10.6 Å². The molecule has 0 unspecified atom stereocenters. The third-order valence-electron chi connectivity index (χ3n) is 6.03. The first-order valence-electron chi connectivity index (χ1n) is 12.4. The first-order valence-corrected chi connectivity index (χ1v) is 12.4. The van der Waals surface area contributed by atoms with Gasteiger partial charge >= 0.3 is 5.82 Å². The van der Waals surface area contributed by atoms with Crippen LogP contribution in [-0.2, 0) is 4.79 Å². The number of nitro groups is 1. The van der Waals surface area contributed by atoms with Crippen molar-refractivity contribution in [2.24, 2.45) is 4.99 Å². The molecule has 0 spiro atoms. The Bertz CT molecular complexity index is 1740. The molecule has 12 heteroatoms. The number of amides is 1. The average Bonchev–Trinajstić information content (AvgIpc) is 3.31. The zero-order valence-corrected chi connectivity index (χ0v) is 22.6. The van der Waals surface area contributed by atoms with Gasteiger partial charge < -0.3 is 25.2 Å². The fraction of sp³-hybridized carbons (Fsp3) is 0.207. The molecule has 0 saturated carbocycles. The second-order valence-electron chi connectivity index (χ2n) is 9.74. The lowest BCUT2D eigenvalue weighted by Crippen LogP contribution is -2.41. The van der Waals surface area contributed by atoms with Crippen LogP contribution >= 0.6 is 0 Å². The number of quaternary nitrogens is 1. The number of likely N-dealkylation sites (N-methyl/N-ethyl adjacent to an activating group) is 1. The molecule has 3 aromatic rings. The molecule has 2 aromatic heterocycles. The smallest absolute Gasteiger partial charge is 0.358 e. The molecular weight excluding hydrogens is 527 g/mol. The summed E-state index contributed by atoms with van der Waals surface area (Å²) in [6, 6.07) is 5.91. The molecule has 41 heavy (non-hydrogen) atoms. The molecule has 1 aliphatic heterocycles. The van der Waals surface area contributed by atoms with E-state index in [9.17, 15) is 19.3 Å². The van der Waals surface area contributed by atoms with Gasteiger partial charge in [-0.1, -0.05) is 11.8 Å². The predicted molar refractivity (Wildman–Crippen MR) is 154 cm³/mol. The maximum atomic E-state index is 13.8. The number of rotatable bonds is 9. The number of aromatic nitrogens is 3. The van der Waals surface area contributed by atoms with Gasteiger partial charge in [0.2, 0.25) is 11.6 Å². The van der Waals surface area contributed by atoms with Crippen LogP contribution in [0.1, 0.15) is 18.9 Å². The van der Waals surface area contributed by atoms with Crippen molar-refractivity contribution in [1.82, 2.24) is 15.0 Å². The van der Waals surface area contributed by atoms with Crippen molar-refractivity contribution in [1.29, 1.82) is 0 Å². The lowest BCUT2D eigenvalue weighted by Gasteiger charge is -2.28. The van der Waals surface area contributed by atoms with Gasteiger partial charge in [-0.3, -0.25) is 4.79 Å². The molecular formula is C29H26FN8O3+. The van der Waals surface area contributed by atoms with Crippen molar-refractivity contribution in [3.63, 3.8) is 0 Å². The Hall–Kier alpha value is -5.46. The van der Waals surface area contributed by atoms with Gasteiger partial charge in [-0.2, -0.15) is 0 Å². The predicted octanol–water partition coefficient (Wildman–Crippen LogP) is 3.82. The molecule has 0 bridgehead atoms. The van der Waals surface area contributed by atoms with Gasteiger partial charge in [0.05, 0.1) is 49.9 Å². The Morgan fingerprint density at radius 3 is 2.80 bits per heavy atom. The van der Waals surface area contributed by atoms with Crippen LogP contribution in [0.15, 0.2) is 65.3 Å². The lowest BCUT2D eigenvalue weighted by atomic mass is 10.1. The summed E-state index contributed by atoms with van der Waals surface area (Å²) in [4.78, 5) is 40.4. The highest BCUT2D eigenvalue weighted by Crippen LogP contribution is 2.26. The van der Waals surface area contributed by atoms with Crippen LogP contribution in [0.3, 0.4) is 0 Å². The molecule has 0 saturated heterocycles. The third kappa shape index (κ3) is 7.15. The lowest BCUT2D eigenvalue weighted by molar-refractivity contribution is -0.880. The minimum atomic E-state index is -0.503. The number of carbonyl (C=O) groups excluding carboxylic acids is 1. The first kappa shape index (κ1) is 28.5. The summed E-state index contributed by atoms with van der Waals surface area (Å²) in [5, 5.41) is 17.8. The first-order chi connectivity index (χ1) is 19.6. The minimum Gasteiger partial charge on any atom is -0.358 e. The van der Waals surface area contributed by atoms with Crippen LogP contribution in [0.5, 0.6) is 0 Å². The molecule has 0 aliphatic carbocycles. The molecule has 3 heterocycles. The highest BCUT2D eigenvalue weighted by Gasteiger charge is 2.32. The van der Waals surface area contributed by atoms with Crippen molar-refractivity contribution in [2.75, 3.05) is 37.8 Å². The van der Waals surface area contributed by atoms with E-state index in [1.165, 1.54) is 36.8 Å². The monoisotopic (exact) mass is 553 g/mol. The number of nitrogens with zero attached hydrogens (tertiary/aromatic N) is 6. The second-order valence-corrected chi connectivity index (χ2v) is 9.74. The van der Waals surface area contributed by atoms with E-state index in [1.54, 1.807) is 19.1 Å². The number of benzene rings is 1. The van der Waals surface area contributed by atoms with Crippen molar-refractivity contribution < 1.29 is 18.6 Å². The van der Waals surface area contributed by atoms with E-state index in [-0.39, 0.29) is 17.2 Å². The molecule has 206 valence electrons. The van der Waals surface area contributed by atoms with Crippen LogP contribution in [-0.4, -0.2) is 63.2 Å². The topological polar surface area (TPSA) is 135 Å². The highest BCUT2D eigenvalue weighted by atomic mass is 19.1. The number of terminal acetylenes is 1. The number of pyridine rings is 1. The van der Waals surface area contributed by atoms with Gasteiger partial charge in [0.15, 0.2) is 0 Å². The summed E-state index contributed by atoms with van der Waals surface area (Å²) in [5.41, 5.74) is 2.25. The second kappa shape index (κ2) is 12.2. The molecule has 11 nitrogen and oxygen atoms in total. The van der Waals surface area contributed by atoms with Crippen molar-refractivity contribution in [3.05, 3.63) is 81.8 Å². The number of halogens is 1. The summed E-state index contributed by atoms with van der Waals surface area (Å²) in [5.74, 6) is 7.44. The number of aliphatic imine (C=N–C) groups is 1. The van der Waals surface area contributed by atoms with Gasteiger partial charge in [0, 0.05) is 17.1 Å². The summed E-state index contributed by atoms with van der Waals surface area (Å²) >= 11 is 0. The Kier molecular flexibility index (Phi) is 8.46. The maximum absolute atomic E-state index is 13.8. The molecule has 0 fully saturated rings. The van der Waals surface area contributed by atoms with Crippen LogP contribution in [0.4, 0.5) is 21.7 Å². The summed E-state index contributed by atoms with van der Waals surface area (Å²) in [6.45, 7) is 2.46. The Morgan fingerprint density at radius 2 is 2.07 bits per heavy atom. The van der Waals surface area contributed by atoms with E-state index in [0.717, 1.165) is 0 Å². The van der Waals surface area contributed by atoms with Crippen molar-refractivity contribution in [3.8, 4) is 24.2 Å². The van der Waals surface area contributed by atoms with Gasteiger partial charge in [-0.15, -0.1) is 6.42 Å². The van der Waals surface area contributed by atoms with Gasteiger partial charge in [-0.25, -0.2) is 19.3 Å². The number of hydrogen-bond donors (Lipinski definition) is 2. The number of hydrogen-bond acceptors (Lipinski definition) is 8. The standard InChI is InChI=1S/C29H25FN8O3/c1-5-8-21-14-20(29(35-21)37(40)41)17-38(3,4)12-7-9-27(39)36-26-15-23-25(16-31-26)32-18-33-28(23)34-22-10-11-24(30)19(6-2)13-22/h2,7,9-11,13,15-16,18H,12,14,17H2,1,3-4H3,(H-,31,32,33,34,36,39)/p+1/b9-7+. The molecule has 1 aliphatic rings. The molecule has 4 rings (SSSR count). The van der Waals surface area contributed by atoms with E-state index in [4.69, 9.17) is 6.42 Å². The minimum absolute atomic E-state index is 0.110. The van der Waals surface area contributed by atoms with Crippen molar-refractivity contribution >= 4 is 39.8 Å². The Labute approximate surface area is 235 Å². The quantitative estimate of drug-likeness (QED) is 0.135. The van der Waals surface area contributed by atoms with E-state index < -0.39 is 16.6 Å². The fourth-order valence-electron chi connectivity index (χ4n) is 4.21. The molecule has 0 radical (unpaired) electrons. The van der Waals surface area contributed by atoms with E-state index in [0.29, 0.717) is 57.7 Å². The third-order valence-corrected chi connectivity index (χ3v) is 6.03. The maximum Gasteiger partial charge on any atom is 0.369 e. The Morgan fingerprint density at radius 1 is 1.27 bits per heavy atom. The summed E-state index contributed by atoms with van der Waals surface area (Å²) in [6.07, 6.45) is 11.6. The highest BCUT2D eigenvalue weighted by molar-refractivity contribution is 6.04. The van der Waals surface area contributed by atoms with Gasteiger partial charge in [0.1, 0.15) is 30.3 Å². The van der Waals surface area contributed by atoms with E-state index in [1.807, 2.05) is 14.1 Å². The number of anilines is 3. The van der Waals surface area contributed by atoms with E-state index in [2.05, 4.69) is 48.3 Å². The number of nitrogens with one attached hydrogen (secondary N) is 2. The average molecular weight is 554 g/mol. The van der Waals surface area contributed by atoms with Gasteiger partial charge in [-0.05, 0) is 53.1 Å². The molecule has 2 N–H and O–H groups in total. The van der Waals surface area contributed by atoms with Gasteiger partial charge in [0.25, 0.3) is 0 Å². The molecule has 0 atom stereocenters. The zero-order chi connectivity index (χ0) is 29.6. The largest absolute Gasteiger partial charge is 0.369 e. The summed E-state index contributed by atoms with van der Waals surface area (Å²) in [7, 11) is 3.81. The zero-order valence-electron chi connectivity index (χ0n) is 22.6. The summed E-state index contributed by atoms with van der Waals surface area (Å²) < 4.78 is 14.1. The van der Waals surface area contributed by atoms with E-state index >= 15 is 0 Å². The van der Waals surface area contributed by atoms with Crippen LogP contribution in [0.25, 0.3) is 10.9 Å². The van der Waals surface area contributed by atoms with Crippen molar-refractivity contribution in [2.45, 2.75) is 13.3 Å². The van der Waals surface area contributed by atoms with Crippen LogP contribution in [0, 0.1) is 40.1 Å². The number of carbonyl (C=O) groups is 1. The SMILES string of the molecule is C#Cc1cc(Nc2ncnc3cnc(NC(=O)/C=C/C[N+](C)(C)CC4=C([N+](=O)[O-])N=C(C#CC)C4)cc23)ccc1F. The Balaban J connectivity index is 1.42. The molecule has 1 aromatic carbocycles. The fourth-order valence-corrected chi connectivity index (χ4v) is 4.21.